The average Bonchev–Trinajstić information content (AvgIpc) is 2.80. The molecule has 0 aliphatic carbocycles. The van der Waals surface area contributed by atoms with Crippen molar-refractivity contribution in [2.24, 2.45) is 5.10 Å². The Morgan fingerprint density at radius 2 is 2.19 bits per heavy atom. The summed E-state index contributed by atoms with van der Waals surface area (Å²) in [5, 5.41) is 26.4. The fourth-order valence-corrected chi connectivity index (χ4v) is 2.56. The minimum atomic E-state index is -0.835. The van der Waals surface area contributed by atoms with Gasteiger partial charge in [0.25, 0.3) is 11.6 Å². The van der Waals surface area contributed by atoms with Crippen molar-refractivity contribution >= 4 is 23.7 Å². The van der Waals surface area contributed by atoms with Crippen LogP contribution in [0, 0.1) is 10.1 Å². The van der Waals surface area contributed by atoms with Crippen molar-refractivity contribution in [1.29, 1.82) is 0 Å². The number of hydrogen-bond acceptors (Lipinski definition) is 7. The fourth-order valence-electron chi connectivity index (χ4n) is 2.56. The van der Waals surface area contributed by atoms with Crippen LogP contribution in [0.25, 0.3) is 0 Å². The number of methoxy groups -OCH3 is 1. The quantitative estimate of drug-likeness (QED) is 0.444. The molecule has 0 radical (unpaired) electrons. The molecular formula is C16H19N4O6-. The van der Waals surface area contributed by atoms with E-state index in [4.69, 9.17) is 4.74 Å². The van der Waals surface area contributed by atoms with E-state index < -0.39 is 22.3 Å². The number of carbonyl (C=O) groups is 2. The minimum Gasteiger partial charge on any atom is -0.865 e. The number of nitrogens with zero attached hydrogens (tertiary/aromatic N) is 3. The number of rotatable bonds is 6. The molecule has 1 aliphatic rings. The first-order chi connectivity index (χ1) is 12.4. The highest BCUT2D eigenvalue weighted by Gasteiger charge is 2.19. The predicted molar refractivity (Wildman–Crippen MR) is 89.9 cm³/mol. The van der Waals surface area contributed by atoms with E-state index in [1.807, 2.05) is 0 Å². The van der Waals surface area contributed by atoms with Gasteiger partial charge in [-0.25, -0.2) is 5.43 Å². The molecule has 1 aromatic carbocycles. The van der Waals surface area contributed by atoms with Gasteiger partial charge in [0, 0.05) is 30.3 Å². The largest absolute Gasteiger partial charge is 0.865 e. The molecule has 140 valence electrons. The maximum absolute atomic E-state index is 11.9. The van der Waals surface area contributed by atoms with Gasteiger partial charge in [0.15, 0.2) is 0 Å². The Labute approximate surface area is 149 Å². The Balaban J connectivity index is 2.01. The van der Waals surface area contributed by atoms with E-state index in [9.17, 15) is 24.8 Å². The highest BCUT2D eigenvalue weighted by atomic mass is 16.6. The maximum Gasteiger partial charge on any atom is 0.266 e. The zero-order valence-corrected chi connectivity index (χ0v) is 14.3. The number of nitro benzene ring substituents is 1. The van der Waals surface area contributed by atoms with E-state index in [0.29, 0.717) is 13.0 Å². The zero-order chi connectivity index (χ0) is 19.1. The van der Waals surface area contributed by atoms with Gasteiger partial charge < -0.3 is 14.7 Å². The van der Waals surface area contributed by atoms with Gasteiger partial charge in [-0.15, -0.1) is 0 Å². The number of benzene rings is 1. The summed E-state index contributed by atoms with van der Waals surface area (Å²) in [7, 11) is 1.22. The second-order valence-corrected chi connectivity index (χ2v) is 5.75. The molecule has 0 spiro atoms. The lowest BCUT2D eigenvalue weighted by Crippen LogP contribution is -2.39. The maximum atomic E-state index is 11.9. The van der Waals surface area contributed by atoms with Crippen molar-refractivity contribution in [3.8, 4) is 11.5 Å². The Morgan fingerprint density at radius 1 is 1.42 bits per heavy atom. The number of hydrogen-bond donors (Lipinski definition) is 1. The van der Waals surface area contributed by atoms with Gasteiger partial charge in [-0.3, -0.25) is 19.7 Å². The minimum absolute atomic E-state index is 0.0620. The van der Waals surface area contributed by atoms with E-state index in [-0.39, 0.29) is 23.8 Å². The molecule has 1 fully saturated rings. The number of carbonyl (C=O) groups excluding carboxylic acids is 2. The molecular weight excluding hydrogens is 344 g/mol. The Hall–Kier alpha value is -3.17. The van der Waals surface area contributed by atoms with Gasteiger partial charge in [-0.05, 0) is 18.9 Å². The summed E-state index contributed by atoms with van der Waals surface area (Å²) in [6.07, 6.45) is 4.23. The van der Waals surface area contributed by atoms with Crippen LogP contribution in [0.4, 0.5) is 5.69 Å². The summed E-state index contributed by atoms with van der Waals surface area (Å²) in [6, 6.07) is 2.32. The molecule has 1 saturated heterocycles. The second-order valence-electron chi connectivity index (χ2n) is 5.75. The van der Waals surface area contributed by atoms with Crippen molar-refractivity contribution in [2.45, 2.75) is 25.7 Å². The van der Waals surface area contributed by atoms with Crippen molar-refractivity contribution in [3.05, 3.63) is 27.8 Å². The third-order valence-electron chi connectivity index (χ3n) is 3.88. The van der Waals surface area contributed by atoms with Gasteiger partial charge in [-0.2, -0.15) is 5.10 Å². The van der Waals surface area contributed by atoms with Gasteiger partial charge in [0.05, 0.1) is 18.2 Å². The number of likely N-dealkylation sites (tertiary alicyclic amines) is 1. The van der Waals surface area contributed by atoms with Crippen LogP contribution in [-0.4, -0.2) is 48.1 Å². The first-order valence-corrected chi connectivity index (χ1v) is 8.05. The standard InChI is InChI=1S/C16H20N4O6/c1-26-13-8-11(7-12(16(13)23)20(24)25)9-17-18-14(21)10-19-6-4-2-3-5-15(19)22/h7-9,23H,2-6,10H2,1H3,(H,18,21)/p-1/b17-9-. The van der Waals surface area contributed by atoms with Crippen LogP contribution in [0.1, 0.15) is 31.2 Å². The predicted octanol–water partition coefficient (Wildman–Crippen LogP) is 0.530. The summed E-state index contributed by atoms with van der Waals surface area (Å²) in [4.78, 5) is 35.3. The summed E-state index contributed by atoms with van der Waals surface area (Å²) in [6.45, 7) is 0.434. The van der Waals surface area contributed by atoms with Crippen molar-refractivity contribution in [1.82, 2.24) is 10.3 Å². The Bertz CT molecular complexity index is 734. The molecule has 0 atom stereocenters. The van der Waals surface area contributed by atoms with Crippen LogP contribution in [0.15, 0.2) is 17.2 Å². The van der Waals surface area contributed by atoms with Crippen LogP contribution >= 0.6 is 0 Å². The van der Waals surface area contributed by atoms with E-state index in [0.717, 1.165) is 31.5 Å². The Kier molecular flexibility index (Phi) is 6.48. The van der Waals surface area contributed by atoms with Gasteiger partial charge in [0.1, 0.15) is 12.3 Å². The van der Waals surface area contributed by atoms with Crippen molar-refractivity contribution < 1.29 is 24.4 Å². The van der Waals surface area contributed by atoms with Crippen LogP contribution < -0.4 is 15.3 Å². The third-order valence-corrected chi connectivity index (χ3v) is 3.88. The van der Waals surface area contributed by atoms with Crippen molar-refractivity contribution in [2.75, 3.05) is 20.2 Å². The lowest BCUT2D eigenvalue weighted by Gasteiger charge is -2.18. The molecule has 0 unspecified atom stereocenters. The topological polar surface area (TPSA) is 137 Å². The van der Waals surface area contributed by atoms with Crippen LogP contribution in [0.5, 0.6) is 11.5 Å². The number of nitro groups is 1. The molecule has 1 N–H and O–H groups in total. The molecule has 1 heterocycles. The summed E-state index contributed by atoms with van der Waals surface area (Å²) in [5.74, 6) is -1.56. The number of amides is 2. The summed E-state index contributed by atoms with van der Waals surface area (Å²) >= 11 is 0. The highest BCUT2D eigenvalue weighted by Crippen LogP contribution is 2.33. The molecule has 0 bridgehead atoms. The lowest BCUT2D eigenvalue weighted by atomic mass is 10.2. The lowest BCUT2D eigenvalue weighted by molar-refractivity contribution is -0.398. The van der Waals surface area contributed by atoms with Crippen molar-refractivity contribution in [3.63, 3.8) is 0 Å². The fraction of sp³-hybridized carbons (Fsp3) is 0.438. The van der Waals surface area contributed by atoms with E-state index in [1.165, 1.54) is 18.1 Å². The van der Waals surface area contributed by atoms with Gasteiger partial charge in [-0.1, -0.05) is 6.42 Å². The molecule has 2 rings (SSSR count). The average molecular weight is 363 g/mol. The molecule has 2 amide bonds. The SMILES string of the molecule is COc1cc(/C=N\NC(=O)CN2CCCCCC2=O)cc([N+](=O)[O-])c1[O-]. The summed E-state index contributed by atoms with van der Waals surface area (Å²) < 4.78 is 4.82. The third kappa shape index (κ3) is 4.91. The smallest absolute Gasteiger partial charge is 0.266 e. The van der Waals surface area contributed by atoms with E-state index in [1.54, 1.807) is 0 Å². The van der Waals surface area contributed by atoms with Crippen LogP contribution in [-0.2, 0) is 9.59 Å². The molecule has 0 aromatic heterocycles. The monoisotopic (exact) mass is 363 g/mol. The molecule has 26 heavy (non-hydrogen) atoms. The van der Waals surface area contributed by atoms with Gasteiger partial charge >= 0.3 is 0 Å². The zero-order valence-electron chi connectivity index (χ0n) is 14.3. The Morgan fingerprint density at radius 3 is 2.88 bits per heavy atom. The van der Waals surface area contributed by atoms with Gasteiger partial charge in [0.2, 0.25) is 5.91 Å². The molecule has 10 heteroatoms. The first-order valence-electron chi connectivity index (χ1n) is 8.05. The number of hydrazone groups is 1. The first kappa shape index (κ1) is 19.2. The summed E-state index contributed by atoms with van der Waals surface area (Å²) in [5.41, 5.74) is 1.84. The molecule has 1 aromatic rings. The molecule has 1 aliphatic heterocycles. The molecule has 10 nitrogen and oxygen atoms in total. The van der Waals surface area contributed by atoms with E-state index in [2.05, 4.69) is 10.5 Å². The van der Waals surface area contributed by atoms with E-state index >= 15 is 0 Å². The number of nitrogens with one attached hydrogen (secondary N) is 1. The van der Waals surface area contributed by atoms with Crippen LogP contribution in [0.3, 0.4) is 0 Å². The van der Waals surface area contributed by atoms with Crippen LogP contribution in [0.2, 0.25) is 0 Å². The molecule has 0 saturated carbocycles. The highest BCUT2D eigenvalue weighted by molar-refractivity contribution is 5.87. The normalized spacial score (nSPS) is 15.0. The second kappa shape index (κ2) is 8.79. The number of ether oxygens (including phenoxy) is 1.